The van der Waals surface area contributed by atoms with Gasteiger partial charge in [-0.3, -0.25) is 4.79 Å². The van der Waals surface area contributed by atoms with E-state index < -0.39 is 0 Å². The van der Waals surface area contributed by atoms with Crippen molar-refractivity contribution in [2.75, 3.05) is 31.3 Å². The molecule has 1 atom stereocenters. The molecule has 1 aliphatic heterocycles. The Morgan fingerprint density at radius 1 is 1.32 bits per heavy atom. The van der Waals surface area contributed by atoms with Crippen molar-refractivity contribution in [3.8, 4) is 5.69 Å². The lowest BCUT2D eigenvalue weighted by molar-refractivity contribution is -0.895. The number of thiophene rings is 1. The van der Waals surface area contributed by atoms with Crippen molar-refractivity contribution in [2.45, 2.75) is 25.0 Å². The van der Waals surface area contributed by atoms with Gasteiger partial charge in [0.25, 0.3) is 0 Å². The number of nitrogens with one attached hydrogen (secondary N) is 2. The number of nitrogens with zero attached hydrogens (tertiary/aromatic N) is 4. The zero-order valence-corrected chi connectivity index (χ0v) is 18.9. The number of hydrogen-bond acceptors (Lipinski definition) is 8. The Bertz CT molecular complexity index is 1080. The van der Waals surface area contributed by atoms with Crippen LogP contribution in [0.1, 0.15) is 27.7 Å². The summed E-state index contributed by atoms with van der Waals surface area (Å²) in [7, 11) is 2.12. The average Bonchev–Trinajstić information content (AvgIpc) is 3.37. The molecule has 162 valence electrons. The van der Waals surface area contributed by atoms with Crippen LogP contribution in [0.15, 0.2) is 35.5 Å². The van der Waals surface area contributed by atoms with Gasteiger partial charge in [0.2, 0.25) is 11.1 Å². The minimum absolute atomic E-state index is 0.114. The van der Waals surface area contributed by atoms with Crippen molar-refractivity contribution in [1.82, 2.24) is 20.2 Å². The molecule has 0 saturated heterocycles. The molecule has 0 spiro atoms. The maximum atomic E-state index is 12.7. The Kier molecular flexibility index (Phi) is 6.64. The lowest BCUT2D eigenvalue weighted by Crippen LogP contribution is -3.08. The lowest BCUT2D eigenvalue weighted by Gasteiger charge is -2.19. The number of quaternary nitrogens is 1. The van der Waals surface area contributed by atoms with Crippen LogP contribution in [-0.2, 0) is 22.5 Å². The van der Waals surface area contributed by atoms with Crippen LogP contribution in [0.5, 0.6) is 0 Å². The van der Waals surface area contributed by atoms with Crippen molar-refractivity contribution < 1.29 is 19.2 Å². The van der Waals surface area contributed by atoms with Gasteiger partial charge in [0.15, 0.2) is 0 Å². The highest BCUT2D eigenvalue weighted by Crippen LogP contribution is 2.35. The van der Waals surface area contributed by atoms with Crippen LogP contribution >= 0.6 is 23.1 Å². The Morgan fingerprint density at radius 2 is 2.13 bits per heavy atom. The van der Waals surface area contributed by atoms with Gasteiger partial charge in [-0.15, -0.1) is 16.4 Å². The summed E-state index contributed by atoms with van der Waals surface area (Å²) in [5, 5.41) is 15.7. The number of anilines is 1. The molecule has 1 aromatic carbocycles. The van der Waals surface area contributed by atoms with E-state index in [1.807, 2.05) is 30.3 Å². The van der Waals surface area contributed by atoms with E-state index in [1.165, 1.54) is 28.0 Å². The second-order valence-electron chi connectivity index (χ2n) is 7.11. The van der Waals surface area contributed by atoms with E-state index >= 15 is 0 Å². The van der Waals surface area contributed by atoms with Crippen LogP contribution in [-0.4, -0.2) is 58.0 Å². The van der Waals surface area contributed by atoms with Crippen LogP contribution < -0.4 is 10.2 Å². The summed E-state index contributed by atoms with van der Waals surface area (Å²) < 4.78 is 6.85. The van der Waals surface area contributed by atoms with Crippen molar-refractivity contribution in [3.63, 3.8) is 0 Å². The Hall–Kier alpha value is -2.76. The van der Waals surface area contributed by atoms with Gasteiger partial charge in [-0.1, -0.05) is 30.0 Å². The second kappa shape index (κ2) is 9.58. The fourth-order valence-corrected chi connectivity index (χ4v) is 5.48. The quantitative estimate of drug-likeness (QED) is 0.404. The molecule has 2 N–H and O–H groups in total. The number of rotatable bonds is 7. The summed E-state index contributed by atoms with van der Waals surface area (Å²) in [4.78, 5) is 27.8. The summed E-state index contributed by atoms with van der Waals surface area (Å²) in [6, 6.07) is 9.48. The van der Waals surface area contributed by atoms with Crippen LogP contribution in [0.25, 0.3) is 5.69 Å². The Morgan fingerprint density at radius 3 is 2.90 bits per heavy atom. The number of carbonyl (C=O) groups excluding carboxylic acids is 2. The smallest absolute Gasteiger partial charge is 0.341 e. The maximum Gasteiger partial charge on any atom is 0.341 e. The molecule has 0 radical (unpaired) electrons. The van der Waals surface area contributed by atoms with E-state index in [9.17, 15) is 9.59 Å². The van der Waals surface area contributed by atoms with E-state index in [4.69, 9.17) is 4.74 Å². The third-order valence-corrected chi connectivity index (χ3v) is 6.93. The van der Waals surface area contributed by atoms with E-state index in [0.717, 1.165) is 35.6 Å². The number of benzene rings is 1. The molecular formula is C20H23N6O3S2+. The minimum Gasteiger partial charge on any atom is -0.462 e. The van der Waals surface area contributed by atoms with Gasteiger partial charge in [0.1, 0.15) is 11.5 Å². The van der Waals surface area contributed by atoms with E-state index in [-0.39, 0.29) is 17.6 Å². The van der Waals surface area contributed by atoms with Crippen molar-refractivity contribution in [1.29, 1.82) is 0 Å². The molecule has 11 heteroatoms. The predicted octanol–water partition coefficient (Wildman–Crippen LogP) is 1.20. The highest BCUT2D eigenvalue weighted by atomic mass is 32.2. The number of fused-ring (bicyclic) bond motifs is 1. The van der Waals surface area contributed by atoms with Crippen LogP contribution in [0.4, 0.5) is 5.00 Å². The molecule has 2 aromatic heterocycles. The second-order valence-corrected chi connectivity index (χ2v) is 9.16. The lowest BCUT2D eigenvalue weighted by atomic mass is 10.0. The van der Waals surface area contributed by atoms with E-state index in [1.54, 1.807) is 11.6 Å². The molecule has 0 bridgehead atoms. The Balaban J connectivity index is 1.48. The van der Waals surface area contributed by atoms with Gasteiger partial charge in [-0.05, 0) is 35.0 Å². The summed E-state index contributed by atoms with van der Waals surface area (Å²) >= 11 is 2.70. The first kappa shape index (κ1) is 21.5. The molecule has 31 heavy (non-hydrogen) atoms. The Labute approximate surface area is 187 Å². The normalized spacial score (nSPS) is 15.4. The molecule has 3 aromatic rings. The van der Waals surface area contributed by atoms with E-state index in [2.05, 4.69) is 27.9 Å². The minimum atomic E-state index is -0.379. The third kappa shape index (κ3) is 4.78. The van der Waals surface area contributed by atoms with Crippen molar-refractivity contribution in [2.24, 2.45) is 0 Å². The number of esters is 1. The third-order valence-electron chi connectivity index (χ3n) is 4.86. The fraction of sp³-hybridized carbons (Fsp3) is 0.350. The molecular weight excluding hydrogens is 436 g/mol. The monoisotopic (exact) mass is 459 g/mol. The SMILES string of the molecule is CCOC(=O)c1c(NC(=O)CSc2nnnn2-c2ccccc2)sc2c1CC[NH+](C)C2. The van der Waals surface area contributed by atoms with Gasteiger partial charge >= 0.3 is 5.97 Å². The summed E-state index contributed by atoms with van der Waals surface area (Å²) in [6.45, 7) is 3.85. The summed E-state index contributed by atoms with van der Waals surface area (Å²) in [5.41, 5.74) is 2.32. The van der Waals surface area contributed by atoms with Gasteiger partial charge in [-0.2, -0.15) is 4.68 Å². The molecule has 1 amide bonds. The van der Waals surface area contributed by atoms with Crippen LogP contribution in [0, 0.1) is 0 Å². The fourth-order valence-electron chi connectivity index (χ4n) is 3.42. The van der Waals surface area contributed by atoms with Gasteiger partial charge in [0, 0.05) is 6.42 Å². The number of hydrogen-bond donors (Lipinski definition) is 2. The van der Waals surface area contributed by atoms with Crippen molar-refractivity contribution >= 4 is 40.0 Å². The first-order valence-corrected chi connectivity index (χ1v) is 11.8. The highest BCUT2D eigenvalue weighted by molar-refractivity contribution is 7.99. The molecule has 3 heterocycles. The molecule has 1 aliphatic rings. The highest BCUT2D eigenvalue weighted by Gasteiger charge is 2.30. The number of carbonyl (C=O) groups is 2. The number of ether oxygens (including phenoxy) is 1. The number of likely N-dealkylation sites (N-methyl/N-ethyl adjacent to an activating group) is 1. The molecule has 4 rings (SSSR count). The molecule has 0 aliphatic carbocycles. The number of aromatic nitrogens is 4. The first-order chi connectivity index (χ1) is 15.1. The summed E-state index contributed by atoms with van der Waals surface area (Å²) in [6.07, 6.45) is 0.794. The molecule has 0 fully saturated rings. The molecule has 1 unspecified atom stereocenters. The summed E-state index contributed by atoms with van der Waals surface area (Å²) in [5.74, 6) is -0.489. The maximum absolute atomic E-state index is 12.7. The molecule has 9 nitrogen and oxygen atoms in total. The zero-order valence-electron chi connectivity index (χ0n) is 17.3. The largest absolute Gasteiger partial charge is 0.462 e. The van der Waals surface area contributed by atoms with Gasteiger partial charge < -0.3 is 15.0 Å². The molecule has 0 saturated carbocycles. The van der Waals surface area contributed by atoms with Crippen LogP contribution in [0.3, 0.4) is 0 Å². The predicted molar refractivity (Wildman–Crippen MR) is 118 cm³/mol. The van der Waals surface area contributed by atoms with Crippen LogP contribution in [0.2, 0.25) is 0 Å². The number of amides is 1. The standard InChI is InChI=1S/C20H22N6O3S2/c1-3-29-19(28)17-14-9-10-25(2)11-15(14)31-18(17)21-16(27)12-30-20-22-23-24-26(20)13-7-5-4-6-8-13/h4-8H,3,9-12H2,1-2H3,(H,21,27)/p+1. The number of para-hydroxylation sites is 1. The number of thioether (sulfide) groups is 1. The van der Waals surface area contributed by atoms with Gasteiger partial charge in [0.05, 0.1) is 42.1 Å². The first-order valence-electron chi connectivity index (χ1n) is 9.96. The zero-order chi connectivity index (χ0) is 21.8. The van der Waals surface area contributed by atoms with Gasteiger partial charge in [-0.25, -0.2) is 4.79 Å². The van der Waals surface area contributed by atoms with E-state index in [0.29, 0.717) is 22.3 Å². The average molecular weight is 460 g/mol. The number of tetrazole rings is 1. The van der Waals surface area contributed by atoms with Crippen molar-refractivity contribution in [3.05, 3.63) is 46.3 Å². The topological polar surface area (TPSA) is 103 Å².